The lowest BCUT2D eigenvalue weighted by atomic mass is 9.87. The molecule has 8 heteroatoms. The molecule has 0 aromatic carbocycles. The summed E-state index contributed by atoms with van der Waals surface area (Å²) in [6, 6.07) is 0.838. The zero-order valence-electron chi connectivity index (χ0n) is 16.9. The second kappa shape index (κ2) is 9.20. The number of hydrogen-bond acceptors (Lipinski definition) is 5. The highest BCUT2D eigenvalue weighted by Crippen LogP contribution is 2.23. The molecular formula is C19H36N4O3S. The van der Waals surface area contributed by atoms with E-state index in [1.807, 2.05) is 0 Å². The lowest BCUT2D eigenvalue weighted by Crippen LogP contribution is -2.55. The molecule has 1 saturated carbocycles. The highest BCUT2D eigenvalue weighted by molar-refractivity contribution is 7.88. The molecule has 2 saturated heterocycles. The van der Waals surface area contributed by atoms with Crippen LogP contribution >= 0.6 is 0 Å². The number of piperazine rings is 1. The molecule has 2 heterocycles. The van der Waals surface area contributed by atoms with Crippen LogP contribution in [-0.2, 0) is 14.8 Å². The average molecular weight is 401 g/mol. The number of carbonyl (C=O) groups is 1. The average Bonchev–Trinajstić information content (AvgIpc) is 2.62. The monoisotopic (exact) mass is 400 g/mol. The lowest BCUT2D eigenvalue weighted by molar-refractivity contribution is -0.123. The summed E-state index contributed by atoms with van der Waals surface area (Å²) < 4.78 is 24.9. The summed E-state index contributed by atoms with van der Waals surface area (Å²) in [4.78, 5) is 17.1. The van der Waals surface area contributed by atoms with Gasteiger partial charge in [-0.25, -0.2) is 12.7 Å². The molecule has 0 unspecified atom stereocenters. The molecule has 1 N–H and O–H groups in total. The van der Waals surface area contributed by atoms with Gasteiger partial charge in [0.1, 0.15) is 0 Å². The Morgan fingerprint density at radius 2 is 1.67 bits per heavy atom. The van der Waals surface area contributed by atoms with Gasteiger partial charge in [0.15, 0.2) is 0 Å². The van der Waals surface area contributed by atoms with Crippen molar-refractivity contribution in [3.63, 3.8) is 0 Å². The molecule has 3 fully saturated rings. The lowest BCUT2D eigenvalue weighted by Gasteiger charge is -2.42. The van der Waals surface area contributed by atoms with Crippen molar-refractivity contribution in [2.24, 2.45) is 5.92 Å². The Labute approximate surface area is 164 Å². The number of piperidine rings is 1. The fourth-order valence-corrected chi connectivity index (χ4v) is 5.74. The first-order valence-corrected chi connectivity index (χ1v) is 12.4. The molecule has 2 atom stereocenters. The number of carbonyl (C=O) groups excluding carboxylic acids is 1. The van der Waals surface area contributed by atoms with Crippen LogP contribution in [0.15, 0.2) is 0 Å². The van der Waals surface area contributed by atoms with E-state index >= 15 is 0 Å². The van der Waals surface area contributed by atoms with Crippen LogP contribution in [0.2, 0.25) is 0 Å². The van der Waals surface area contributed by atoms with E-state index in [-0.39, 0.29) is 5.91 Å². The standard InChI is InChI=1S/C19H36N4O3S/c1-16-4-3-5-17(14-16)20-19(24)15-21-10-12-22(13-11-21)18-6-8-23(9-7-18)27(2,25)26/h16-18H,3-15H2,1-2H3,(H,20,24)/t16-,17-/m1/s1. The minimum Gasteiger partial charge on any atom is -0.352 e. The second-order valence-corrected chi connectivity index (χ2v) is 10.7. The summed E-state index contributed by atoms with van der Waals surface area (Å²) in [5.41, 5.74) is 0. The summed E-state index contributed by atoms with van der Waals surface area (Å²) in [5, 5.41) is 3.23. The molecule has 3 aliphatic rings. The van der Waals surface area contributed by atoms with Crippen LogP contribution < -0.4 is 5.32 Å². The summed E-state index contributed by atoms with van der Waals surface area (Å²) in [6.45, 7) is 7.82. The predicted octanol–water partition coefficient (Wildman–Crippen LogP) is 0.723. The van der Waals surface area contributed by atoms with Crippen molar-refractivity contribution in [1.29, 1.82) is 0 Å². The minimum atomic E-state index is -3.06. The second-order valence-electron chi connectivity index (χ2n) is 8.74. The predicted molar refractivity (Wildman–Crippen MR) is 107 cm³/mol. The fraction of sp³-hybridized carbons (Fsp3) is 0.947. The Hall–Kier alpha value is -0.700. The van der Waals surface area contributed by atoms with Crippen molar-refractivity contribution in [3.8, 4) is 0 Å². The smallest absolute Gasteiger partial charge is 0.234 e. The SMILES string of the molecule is C[C@@H]1CCC[C@@H](NC(=O)CN2CCN(C3CCN(S(C)(=O)=O)CC3)CC2)C1. The number of sulfonamides is 1. The molecule has 0 spiro atoms. The Bertz CT molecular complexity index is 596. The number of rotatable bonds is 5. The minimum absolute atomic E-state index is 0.170. The van der Waals surface area contributed by atoms with Crippen LogP contribution in [0.5, 0.6) is 0 Å². The van der Waals surface area contributed by atoms with Gasteiger partial charge in [-0.05, 0) is 31.6 Å². The number of amides is 1. The normalized spacial score (nSPS) is 30.3. The Balaban J connectivity index is 1.36. The zero-order valence-corrected chi connectivity index (χ0v) is 17.7. The van der Waals surface area contributed by atoms with E-state index in [9.17, 15) is 13.2 Å². The van der Waals surface area contributed by atoms with Crippen LogP contribution in [0.25, 0.3) is 0 Å². The molecular weight excluding hydrogens is 364 g/mol. The molecule has 156 valence electrons. The molecule has 1 aliphatic carbocycles. The van der Waals surface area contributed by atoms with Crippen LogP contribution in [0.1, 0.15) is 45.4 Å². The third kappa shape index (κ3) is 6.14. The Kier molecular flexibility index (Phi) is 7.16. The first-order valence-electron chi connectivity index (χ1n) is 10.5. The maximum atomic E-state index is 12.4. The van der Waals surface area contributed by atoms with Crippen molar-refractivity contribution in [2.75, 3.05) is 52.1 Å². The molecule has 2 aliphatic heterocycles. The Morgan fingerprint density at radius 1 is 1.00 bits per heavy atom. The number of hydrogen-bond donors (Lipinski definition) is 1. The summed E-state index contributed by atoms with van der Waals surface area (Å²) >= 11 is 0. The van der Waals surface area contributed by atoms with Crippen molar-refractivity contribution >= 4 is 15.9 Å². The third-order valence-corrected chi connectivity index (χ3v) is 7.79. The quantitative estimate of drug-likeness (QED) is 0.736. The van der Waals surface area contributed by atoms with Crippen molar-refractivity contribution in [1.82, 2.24) is 19.4 Å². The van der Waals surface area contributed by atoms with Crippen LogP contribution in [0, 0.1) is 5.92 Å². The molecule has 7 nitrogen and oxygen atoms in total. The van der Waals surface area contributed by atoms with E-state index < -0.39 is 10.0 Å². The van der Waals surface area contributed by atoms with Crippen molar-refractivity contribution < 1.29 is 13.2 Å². The highest BCUT2D eigenvalue weighted by Gasteiger charge is 2.30. The van der Waals surface area contributed by atoms with Gasteiger partial charge in [0.25, 0.3) is 0 Å². The van der Waals surface area contributed by atoms with Crippen LogP contribution in [-0.4, -0.2) is 92.6 Å². The van der Waals surface area contributed by atoms with Gasteiger partial charge in [-0.15, -0.1) is 0 Å². The fourth-order valence-electron chi connectivity index (χ4n) is 4.87. The van der Waals surface area contributed by atoms with Gasteiger partial charge in [-0.2, -0.15) is 0 Å². The van der Waals surface area contributed by atoms with E-state index in [1.165, 1.54) is 19.1 Å². The van der Waals surface area contributed by atoms with Gasteiger partial charge in [0, 0.05) is 51.4 Å². The molecule has 1 amide bonds. The van der Waals surface area contributed by atoms with Crippen LogP contribution in [0.4, 0.5) is 0 Å². The van der Waals surface area contributed by atoms with Gasteiger partial charge < -0.3 is 5.32 Å². The van der Waals surface area contributed by atoms with Crippen LogP contribution in [0.3, 0.4) is 0 Å². The highest BCUT2D eigenvalue weighted by atomic mass is 32.2. The van der Waals surface area contributed by atoms with Gasteiger partial charge >= 0.3 is 0 Å². The Morgan fingerprint density at radius 3 is 2.26 bits per heavy atom. The summed E-state index contributed by atoms with van der Waals surface area (Å²) in [5.74, 6) is 0.894. The maximum Gasteiger partial charge on any atom is 0.234 e. The van der Waals surface area contributed by atoms with Gasteiger partial charge in [0.05, 0.1) is 12.8 Å². The third-order valence-electron chi connectivity index (χ3n) is 6.48. The van der Waals surface area contributed by atoms with Gasteiger partial charge in [-0.3, -0.25) is 14.6 Å². The summed E-state index contributed by atoms with van der Waals surface area (Å²) in [6.07, 6.45) is 7.87. The number of nitrogens with zero attached hydrogens (tertiary/aromatic N) is 3. The van der Waals surface area contributed by atoms with Gasteiger partial charge in [0.2, 0.25) is 15.9 Å². The molecule has 0 bridgehead atoms. The van der Waals surface area contributed by atoms with E-state index in [1.54, 1.807) is 4.31 Å². The largest absolute Gasteiger partial charge is 0.352 e. The van der Waals surface area contributed by atoms with E-state index in [4.69, 9.17) is 0 Å². The van der Waals surface area contributed by atoms with Crippen molar-refractivity contribution in [2.45, 2.75) is 57.5 Å². The molecule has 0 aromatic rings. The van der Waals surface area contributed by atoms with Crippen molar-refractivity contribution in [3.05, 3.63) is 0 Å². The zero-order chi connectivity index (χ0) is 19.4. The van der Waals surface area contributed by atoms with E-state index in [2.05, 4.69) is 22.0 Å². The molecule has 3 rings (SSSR count). The number of nitrogens with one attached hydrogen (secondary N) is 1. The van der Waals surface area contributed by atoms with Gasteiger partial charge in [-0.1, -0.05) is 19.8 Å². The molecule has 0 aromatic heterocycles. The maximum absolute atomic E-state index is 12.4. The topological polar surface area (TPSA) is 73.0 Å². The molecule has 27 heavy (non-hydrogen) atoms. The summed E-state index contributed by atoms with van der Waals surface area (Å²) in [7, 11) is -3.06. The first-order chi connectivity index (χ1) is 12.8. The molecule has 0 radical (unpaired) electrons. The van der Waals surface area contributed by atoms with E-state index in [0.717, 1.165) is 57.8 Å². The first kappa shape index (κ1) is 21.0. The van der Waals surface area contributed by atoms with E-state index in [0.29, 0.717) is 31.7 Å².